The maximum atomic E-state index is 12.9. The van der Waals surface area contributed by atoms with Crippen molar-refractivity contribution in [2.24, 2.45) is 0 Å². The zero-order valence-electron chi connectivity index (χ0n) is 45.1. The molecule has 0 aliphatic carbocycles. The Labute approximate surface area is 421 Å². The standard InChI is InChI=1S/C62H110O6/c1-4-7-10-13-16-19-22-25-28-31-32-35-37-40-43-46-49-52-55-61(64)67-58-59(68-62(65)56-53-50-47-44-41-38-34-30-27-24-21-18-15-12-9-6-3)57-66-60(63)54-51-48-45-42-39-36-33-29-26-23-20-17-14-11-8-5-2/h9,12,18,21,27,29-30,32-33,35,59H,4-8,10-11,13-17,19-20,22-26,28,31,34,36-58H2,1-3H3/b12-9-,21-18-,30-27-,33-29-,35-32-. The molecular formula is C62H110O6. The zero-order chi connectivity index (χ0) is 49.3. The molecule has 0 aliphatic rings. The third kappa shape index (κ3) is 54.1. The Morgan fingerprint density at radius 1 is 0.309 bits per heavy atom. The van der Waals surface area contributed by atoms with Gasteiger partial charge in [-0.15, -0.1) is 0 Å². The van der Waals surface area contributed by atoms with Crippen LogP contribution in [0.4, 0.5) is 0 Å². The van der Waals surface area contributed by atoms with Crippen molar-refractivity contribution < 1.29 is 28.6 Å². The lowest BCUT2D eigenvalue weighted by atomic mass is 10.1. The van der Waals surface area contributed by atoms with Gasteiger partial charge in [0.15, 0.2) is 6.10 Å². The van der Waals surface area contributed by atoms with E-state index in [0.29, 0.717) is 19.3 Å². The fraction of sp³-hybridized carbons (Fsp3) is 0.790. The molecule has 0 radical (unpaired) electrons. The van der Waals surface area contributed by atoms with Crippen LogP contribution in [0, 0.1) is 0 Å². The summed E-state index contributed by atoms with van der Waals surface area (Å²) < 4.78 is 16.9. The minimum absolute atomic E-state index is 0.0856. The highest BCUT2D eigenvalue weighted by Gasteiger charge is 2.19. The molecule has 0 heterocycles. The van der Waals surface area contributed by atoms with Crippen LogP contribution in [0.5, 0.6) is 0 Å². The lowest BCUT2D eigenvalue weighted by molar-refractivity contribution is -0.167. The molecule has 0 N–H and O–H groups in total. The predicted octanol–water partition coefficient (Wildman–Crippen LogP) is 19.6. The lowest BCUT2D eigenvalue weighted by Crippen LogP contribution is -2.30. The van der Waals surface area contributed by atoms with Gasteiger partial charge in [-0.05, 0) is 103 Å². The largest absolute Gasteiger partial charge is 0.462 e. The van der Waals surface area contributed by atoms with Crippen LogP contribution in [0.15, 0.2) is 60.8 Å². The fourth-order valence-electron chi connectivity index (χ4n) is 8.33. The van der Waals surface area contributed by atoms with Crippen molar-refractivity contribution in [3.8, 4) is 0 Å². The van der Waals surface area contributed by atoms with E-state index >= 15 is 0 Å². The van der Waals surface area contributed by atoms with Gasteiger partial charge in [0.25, 0.3) is 0 Å². The molecule has 6 heteroatoms. The maximum Gasteiger partial charge on any atom is 0.306 e. The summed E-state index contributed by atoms with van der Waals surface area (Å²) in [6.07, 6.45) is 70.7. The number of ether oxygens (including phenoxy) is 3. The van der Waals surface area contributed by atoms with Crippen LogP contribution < -0.4 is 0 Å². The average molecular weight is 952 g/mol. The molecule has 1 unspecified atom stereocenters. The number of hydrogen-bond donors (Lipinski definition) is 0. The second kappa shape index (κ2) is 56.7. The average Bonchev–Trinajstić information content (AvgIpc) is 3.34. The predicted molar refractivity (Wildman–Crippen MR) is 293 cm³/mol. The first-order valence-electron chi connectivity index (χ1n) is 29.3. The Hall–Kier alpha value is -2.89. The van der Waals surface area contributed by atoms with Crippen LogP contribution in [0.3, 0.4) is 0 Å². The molecule has 0 fully saturated rings. The van der Waals surface area contributed by atoms with E-state index in [2.05, 4.69) is 81.5 Å². The summed E-state index contributed by atoms with van der Waals surface area (Å²) in [7, 11) is 0. The molecule has 0 saturated heterocycles. The number of esters is 3. The van der Waals surface area contributed by atoms with Gasteiger partial charge in [-0.25, -0.2) is 0 Å². The summed E-state index contributed by atoms with van der Waals surface area (Å²) in [5.41, 5.74) is 0. The molecule has 394 valence electrons. The van der Waals surface area contributed by atoms with Gasteiger partial charge in [0, 0.05) is 19.3 Å². The SMILES string of the molecule is CC/C=C\C/C=C\C/C=C\CCCCCCCCC(=O)OC(COC(=O)CCCCCCC/C=C\CCCCCCCCC)COC(=O)CCCCCCC/C=C\CCCCCCCCCCC. The highest BCUT2D eigenvalue weighted by Crippen LogP contribution is 2.15. The minimum Gasteiger partial charge on any atom is -0.462 e. The van der Waals surface area contributed by atoms with Crippen LogP contribution in [0.25, 0.3) is 0 Å². The van der Waals surface area contributed by atoms with Crippen molar-refractivity contribution in [1.29, 1.82) is 0 Å². The minimum atomic E-state index is -0.788. The third-order valence-corrected chi connectivity index (χ3v) is 12.7. The second-order valence-electron chi connectivity index (χ2n) is 19.5. The molecule has 0 rings (SSSR count). The molecule has 6 nitrogen and oxygen atoms in total. The summed E-state index contributed by atoms with van der Waals surface area (Å²) in [5, 5.41) is 0. The van der Waals surface area contributed by atoms with E-state index in [0.717, 1.165) is 103 Å². The van der Waals surface area contributed by atoms with Gasteiger partial charge in [0.05, 0.1) is 0 Å². The fourth-order valence-corrected chi connectivity index (χ4v) is 8.33. The van der Waals surface area contributed by atoms with Crippen molar-refractivity contribution in [1.82, 2.24) is 0 Å². The molecule has 0 aromatic heterocycles. The molecule has 0 spiro atoms. The molecule has 1 atom stereocenters. The van der Waals surface area contributed by atoms with Crippen molar-refractivity contribution in [3.05, 3.63) is 60.8 Å². The van der Waals surface area contributed by atoms with Crippen molar-refractivity contribution in [3.63, 3.8) is 0 Å². The smallest absolute Gasteiger partial charge is 0.306 e. The summed E-state index contributed by atoms with van der Waals surface area (Å²) in [6, 6.07) is 0. The number of rotatable bonds is 53. The summed E-state index contributed by atoms with van der Waals surface area (Å²) in [5.74, 6) is -0.903. The molecular weight excluding hydrogens is 841 g/mol. The van der Waals surface area contributed by atoms with Crippen LogP contribution in [-0.4, -0.2) is 37.2 Å². The first-order chi connectivity index (χ1) is 33.5. The van der Waals surface area contributed by atoms with Gasteiger partial charge in [0.2, 0.25) is 0 Å². The summed E-state index contributed by atoms with van der Waals surface area (Å²) in [6.45, 7) is 6.53. The maximum absolute atomic E-state index is 12.9. The first-order valence-corrected chi connectivity index (χ1v) is 29.3. The van der Waals surface area contributed by atoms with Crippen LogP contribution >= 0.6 is 0 Å². The van der Waals surface area contributed by atoms with Gasteiger partial charge >= 0.3 is 17.9 Å². The van der Waals surface area contributed by atoms with Gasteiger partial charge in [-0.1, -0.05) is 236 Å². The third-order valence-electron chi connectivity index (χ3n) is 12.7. The van der Waals surface area contributed by atoms with E-state index in [9.17, 15) is 14.4 Å². The van der Waals surface area contributed by atoms with Gasteiger partial charge in [-0.3, -0.25) is 14.4 Å². The number of carbonyl (C=O) groups excluding carboxylic acids is 3. The first kappa shape index (κ1) is 65.1. The number of carbonyl (C=O) groups is 3. The van der Waals surface area contributed by atoms with Crippen LogP contribution in [0.2, 0.25) is 0 Å². The zero-order valence-corrected chi connectivity index (χ0v) is 45.1. The van der Waals surface area contributed by atoms with Gasteiger partial charge in [0.1, 0.15) is 13.2 Å². The monoisotopic (exact) mass is 951 g/mol. The molecule has 0 saturated carbocycles. The van der Waals surface area contributed by atoms with Crippen LogP contribution in [0.1, 0.15) is 297 Å². The Balaban J connectivity index is 4.40. The number of allylic oxidation sites excluding steroid dienone is 10. The van der Waals surface area contributed by atoms with Crippen molar-refractivity contribution in [2.75, 3.05) is 13.2 Å². The topological polar surface area (TPSA) is 78.9 Å². The normalized spacial score (nSPS) is 12.5. The second-order valence-corrected chi connectivity index (χ2v) is 19.5. The number of unbranched alkanes of at least 4 members (excludes halogenated alkanes) is 32. The molecule has 0 bridgehead atoms. The van der Waals surface area contributed by atoms with E-state index in [1.54, 1.807) is 0 Å². The molecule has 0 amide bonds. The Morgan fingerprint density at radius 3 is 0.912 bits per heavy atom. The Morgan fingerprint density at radius 2 is 0.574 bits per heavy atom. The van der Waals surface area contributed by atoms with Crippen molar-refractivity contribution >= 4 is 17.9 Å². The van der Waals surface area contributed by atoms with E-state index in [1.807, 2.05) is 0 Å². The van der Waals surface area contributed by atoms with E-state index < -0.39 is 6.10 Å². The lowest BCUT2D eigenvalue weighted by Gasteiger charge is -2.18. The van der Waals surface area contributed by atoms with Crippen LogP contribution in [-0.2, 0) is 28.6 Å². The Kier molecular flexibility index (Phi) is 54.3. The van der Waals surface area contributed by atoms with Gasteiger partial charge < -0.3 is 14.2 Å². The summed E-state index contributed by atoms with van der Waals surface area (Å²) >= 11 is 0. The number of hydrogen-bond acceptors (Lipinski definition) is 6. The van der Waals surface area contributed by atoms with E-state index in [4.69, 9.17) is 14.2 Å². The quantitative estimate of drug-likeness (QED) is 0.0262. The molecule has 0 aromatic rings. The van der Waals surface area contributed by atoms with E-state index in [1.165, 1.54) is 154 Å². The highest BCUT2D eigenvalue weighted by atomic mass is 16.6. The highest BCUT2D eigenvalue weighted by molar-refractivity contribution is 5.71. The molecule has 68 heavy (non-hydrogen) atoms. The van der Waals surface area contributed by atoms with Gasteiger partial charge in [-0.2, -0.15) is 0 Å². The molecule has 0 aliphatic heterocycles. The van der Waals surface area contributed by atoms with E-state index in [-0.39, 0.29) is 31.1 Å². The Bertz CT molecular complexity index is 1230. The van der Waals surface area contributed by atoms with Crippen molar-refractivity contribution in [2.45, 2.75) is 303 Å². The summed E-state index contributed by atoms with van der Waals surface area (Å²) in [4.78, 5) is 38.2. The molecule has 0 aromatic carbocycles.